The Bertz CT molecular complexity index is 1260. The van der Waals surface area contributed by atoms with Crippen LogP contribution >= 0.6 is 22.9 Å². The summed E-state index contributed by atoms with van der Waals surface area (Å²) < 4.78 is 1.56. The molecule has 0 amide bonds. The van der Waals surface area contributed by atoms with Gasteiger partial charge in [-0.05, 0) is 42.2 Å². The van der Waals surface area contributed by atoms with Crippen molar-refractivity contribution in [3.8, 4) is 5.88 Å². The minimum Gasteiger partial charge on any atom is -0.492 e. The van der Waals surface area contributed by atoms with Gasteiger partial charge >= 0.3 is 0 Å². The summed E-state index contributed by atoms with van der Waals surface area (Å²) in [5.74, 6) is 1.33. The lowest BCUT2D eigenvalue weighted by atomic mass is 9.97. The molecule has 0 saturated carbocycles. The molecule has 6 nitrogen and oxygen atoms in total. The van der Waals surface area contributed by atoms with Gasteiger partial charge in [0.2, 0.25) is 10.8 Å². The fraction of sp³-hybridized carbons (Fsp3) is 0.360. The van der Waals surface area contributed by atoms with E-state index >= 15 is 0 Å². The summed E-state index contributed by atoms with van der Waals surface area (Å²) in [6.45, 7) is 9.77. The summed E-state index contributed by atoms with van der Waals surface area (Å²) in [6.07, 6.45) is 0. The first kappa shape index (κ1) is 22.2. The molecule has 8 heteroatoms. The number of rotatable bonds is 5. The van der Waals surface area contributed by atoms with Crippen molar-refractivity contribution in [2.75, 3.05) is 31.1 Å². The molecule has 3 heterocycles. The van der Waals surface area contributed by atoms with Crippen molar-refractivity contribution in [3.05, 3.63) is 75.4 Å². The molecule has 2 aromatic carbocycles. The Morgan fingerprint density at radius 3 is 2.33 bits per heavy atom. The molecular formula is C25H28ClN5OS. The van der Waals surface area contributed by atoms with Crippen molar-refractivity contribution in [1.82, 2.24) is 19.5 Å². The zero-order valence-corrected chi connectivity index (χ0v) is 20.6. The SMILES string of the molecule is Cc1nc2sc([C@@H](c3ccc(C(C)C)cc3)N3CCN(c4cccc(Cl)c4)CC3)c(O)n2n1. The molecule has 4 aromatic rings. The van der Waals surface area contributed by atoms with E-state index in [-0.39, 0.29) is 11.9 Å². The molecule has 1 saturated heterocycles. The average molecular weight is 482 g/mol. The third kappa shape index (κ3) is 4.33. The van der Waals surface area contributed by atoms with Crippen molar-refractivity contribution in [3.63, 3.8) is 0 Å². The zero-order chi connectivity index (χ0) is 23.1. The summed E-state index contributed by atoms with van der Waals surface area (Å²) in [5.41, 5.74) is 3.63. The first-order valence-corrected chi connectivity index (χ1v) is 12.5. The van der Waals surface area contributed by atoms with Crippen molar-refractivity contribution in [2.24, 2.45) is 0 Å². The molecule has 5 rings (SSSR count). The molecule has 1 fully saturated rings. The van der Waals surface area contributed by atoms with Gasteiger partial charge in [-0.2, -0.15) is 4.52 Å². The predicted molar refractivity (Wildman–Crippen MR) is 135 cm³/mol. The second-order valence-corrected chi connectivity index (χ2v) is 10.3. The van der Waals surface area contributed by atoms with Crippen molar-refractivity contribution < 1.29 is 5.11 Å². The Balaban J connectivity index is 1.47. The average Bonchev–Trinajstić information content (AvgIpc) is 3.32. The number of aryl methyl sites for hydroxylation is 1. The largest absolute Gasteiger partial charge is 0.492 e. The summed E-state index contributed by atoms with van der Waals surface area (Å²) in [5, 5.41) is 16.2. The van der Waals surface area contributed by atoms with Gasteiger partial charge in [-0.15, -0.1) is 5.10 Å². The van der Waals surface area contributed by atoms with Gasteiger partial charge in [0.15, 0.2) is 0 Å². The van der Waals surface area contributed by atoms with Crippen LogP contribution in [0.2, 0.25) is 5.02 Å². The van der Waals surface area contributed by atoms with Gasteiger partial charge in [0.25, 0.3) is 0 Å². The van der Waals surface area contributed by atoms with Crippen molar-refractivity contribution in [2.45, 2.75) is 32.7 Å². The minimum atomic E-state index is -0.0541. The van der Waals surface area contributed by atoms with E-state index in [0.717, 1.165) is 46.7 Å². The Hall–Kier alpha value is -2.61. The molecule has 2 aromatic heterocycles. The Labute approximate surface area is 203 Å². The minimum absolute atomic E-state index is 0.0541. The van der Waals surface area contributed by atoms with Crippen molar-refractivity contribution in [1.29, 1.82) is 0 Å². The molecule has 0 aliphatic carbocycles. The van der Waals surface area contributed by atoms with Crippen LogP contribution in [0.4, 0.5) is 5.69 Å². The molecule has 1 aliphatic rings. The number of hydrogen-bond acceptors (Lipinski definition) is 6. The fourth-order valence-electron chi connectivity index (χ4n) is 4.53. The Kier molecular flexibility index (Phi) is 6.03. The van der Waals surface area contributed by atoms with Crippen LogP contribution in [0.3, 0.4) is 0 Å². The quantitative estimate of drug-likeness (QED) is 0.408. The van der Waals surface area contributed by atoms with E-state index in [0.29, 0.717) is 11.7 Å². The topological polar surface area (TPSA) is 56.9 Å². The van der Waals surface area contributed by atoms with Gasteiger partial charge in [0, 0.05) is 36.9 Å². The van der Waals surface area contributed by atoms with Crippen LogP contribution < -0.4 is 4.90 Å². The third-order valence-electron chi connectivity index (χ3n) is 6.33. The number of aromatic hydroxyl groups is 1. The molecule has 33 heavy (non-hydrogen) atoms. The normalized spacial score (nSPS) is 16.1. The fourth-order valence-corrected chi connectivity index (χ4v) is 5.88. The lowest BCUT2D eigenvalue weighted by molar-refractivity contribution is 0.211. The number of hydrogen-bond donors (Lipinski definition) is 1. The van der Waals surface area contributed by atoms with E-state index in [1.165, 1.54) is 22.5 Å². The van der Waals surface area contributed by atoms with Crippen LogP contribution in [0.1, 0.15) is 47.6 Å². The molecule has 0 radical (unpaired) electrons. The van der Waals surface area contributed by atoms with Gasteiger partial charge in [-0.25, -0.2) is 4.98 Å². The first-order valence-electron chi connectivity index (χ1n) is 11.3. The number of nitrogens with zero attached hydrogens (tertiary/aromatic N) is 5. The van der Waals surface area contributed by atoms with E-state index < -0.39 is 0 Å². The number of anilines is 1. The maximum atomic E-state index is 11.1. The van der Waals surface area contributed by atoms with Crippen LogP contribution in [-0.4, -0.2) is 50.8 Å². The second kappa shape index (κ2) is 8.97. The number of benzene rings is 2. The van der Waals surface area contributed by atoms with E-state index in [1.807, 2.05) is 25.1 Å². The molecule has 172 valence electrons. The Morgan fingerprint density at radius 1 is 1.00 bits per heavy atom. The molecule has 1 aliphatic heterocycles. The zero-order valence-electron chi connectivity index (χ0n) is 19.1. The van der Waals surface area contributed by atoms with Gasteiger partial charge in [-0.3, -0.25) is 4.90 Å². The highest BCUT2D eigenvalue weighted by atomic mass is 35.5. The Morgan fingerprint density at radius 2 is 1.70 bits per heavy atom. The van der Waals surface area contributed by atoms with Crippen LogP contribution in [0.15, 0.2) is 48.5 Å². The molecule has 1 atom stereocenters. The van der Waals surface area contributed by atoms with Crippen molar-refractivity contribution >= 4 is 33.6 Å². The lowest BCUT2D eigenvalue weighted by Gasteiger charge is -2.40. The number of aromatic nitrogens is 3. The number of fused-ring (bicyclic) bond motifs is 1. The van der Waals surface area contributed by atoms with Gasteiger partial charge in [-0.1, -0.05) is 67.1 Å². The first-order chi connectivity index (χ1) is 15.9. The molecular weight excluding hydrogens is 454 g/mol. The molecule has 0 unspecified atom stereocenters. The summed E-state index contributed by atoms with van der Waals surface area (Å²) >= 11 is 7.73. The summed E-state index contributed by atoms with van der Waals surface area (Å²) in [7, 11) is 0. The van der Waals surface area contributed by atoms with E-state index in [9.17, 15) is 5.11 Å². The smallest absolute Gasteiger partial charge is 0.230 e. The second-order valence-electron chi connectivity index (χ2n) is 8.87. The highest BCUT2D eigenvalue weighted by Crippen LogP contribution is 2.40. The van der Waals surface area contributed by atoms with Gasteiger partial charge < -0.3 is 10.0 Å². The van der Waals surface area contributed by atoms with Crippen LogP contribution in [0, 0.1) is 6.92 Å². The van der Waals surface area contributed by atoms with Crippen LogP contribution in [0.5, 0.6) is 5.88 Å². The van der Waals surface area contributed by atoms with Gasteiger partial charge in [0.05, 0.1) is 10.9 Å². The predicted octanol–water partition coefficient (Wildman–Crippen LogP) is 5.49. The molecule has 1 N–H and O–H groups in total. The maximum Gasteiger partial charge on any atom is 0.230 e. The monoisotopic (exact) mass is 481 g/mol. The van der Waals surface area contributed by atoms with Crippen LogP contribution in [-0.2, 0) is 0 Å². The van der Waals surface area contributed by atoms with E-state index in [2.05, 4.69) is 64.1 Å². The molecule has 0 bridgehead atoms. The summed E-state index contributed by atoms with van der Waals surface area (Å²) in [4.78, 5) is 10.9. The standard InChI is InChI=1S/C25H28ClN5OS/c1-16(2)18-7-9-19(10-8-18)22(23-24(32)31-25(33-23)27-17(3)28-31)30-13-11-29(12-14-30)21-6-4-5-20(26)15-21/h4-10,15-16,22,32H,11-14H2,1-3H3/t22-/m1/s1. The highest BCUT2D eigenvalue weighted by Gasteiger charge is 2.31. The van der Waals surface area contributed by atoms with Gasteiger partial charge in [0.1, 0.15) is 5.82 Å². The number of halogens is 1. The number of thiazole rings is 1. The summed E-state index contributed by atoms with van der Waals surface area (Å²) in [6, 6.07) is 16.8. The highest BCUT2D eigenvalue weighted by molar-refractivity contribution is 7.17. The maximum absolute atomic E-state index is 11.1. The van der Waals surface area contributed by atoms with Crippen LogP contribution in [0.25, 0.3) is 4.96 Å². The lowest BCUT2D eigenvalue weighted by Crippen LogP contribution is -2.47. The molecule has 0 spiro atoms. The van der Waals surface area contributed by atoms with E-state index in [1.54, 1.807) is 4.52 Å². The van der Waals surface area contributed by atoms with E-state index in [4.69, 9.17) is 11.6 Å². The number of piperazine rings is 1. The third-order valence-corrected chi connectivity index (χ3v) is 7.63.